The molecule has 6 aliphatic rings. The first kappa shape index (κ1) is 29.5. The number of nitrogens with zero attached hydrogens (tertiary/aromatic N) is 3. The Bertz CT molecular complexity index is 1330. The number of Topliss-reactive ketones (excluding diaryl/α,β-unsaturated/α-hetero) is 1. The number of carbonyl (C=O) groups excluding carboxylic acids is 3. The number of carbonyl (C=O) groups is 3. The van der Waals surface area contributed by atoms with Crippen LogP contribution in [-0.4, -0.2) is 115 Å². The third-order valence-corrected chi connectivity index (χ3v) is 10.8. The van der Waals surface area contributed by atoms with Crippen LogP contribution >= 0.6 is 0 Å². The normalized spacial score (nSPS) is 35.1. The van der Waals surface area contributed by atoms with Gasteiger partial charge >= 0.3 is 0 Å². The number of likely N-dealkylation sites (tertiary alicyclic amines) is 2. The quantitative estimate of drug-likeness (QED) is 0.491. The Morgan fingerprint density at radius 3 is 2.57 bits per heavy atom. The van der Waals surface area contributed by atoms with Crippen molar-refractivity contribution < 1.29 is 33.0 Å². The van der Waals surface area contributed by atoms with Gasteiger partial charge in [0.05, 0.1) is 55.7 Å². The zero-order valence-electron chi connectivity index (χ0n) is 25.6. The highest BCUT2D eigenvalue weighted by Crippen LogP contribution is 2.47. The predicted octanol–water partition coefficient (Wildman–Crippen LogP) is 2.70. The Morgan fingerprint density at radius 1 is 1.00 bits per heavy atom. The van der Waals surface area contributed by atoms with Crippen LogP contribution in [0.1, 0.15) is 61.7 Å². The average molecular weight is 611 g/mol. The SMILES string of the molecule is COc1cccc(C(=O)NC2CCN(C3C(F)CC4C(=O)C(C(=O)N5CCCC5)=CN5C6CCCCC6OC3C45)C2)c1OC. The Labute approximate surface area is 257 Å². The van der Waals surface area contributed by atoms with Crippen LogP contribution in [0.3, 0.4) is 0 Å². The number of rotatable bonds is 6. The third-order valence-electron chi connectivity index (χ3n) is 10.8. The topological polar surface area (TPSA) is 101 Å². The summed E-state index contributed by atoms with van der Waals surface area (Å²) in [6.07, 6.45) is 6.55. The Hall–Kier alpha value is -3.18. The minimum Gasteiger partial charge on any atom is -0.493 e. The molecule has 7 rings (SSSR count). The monoisotopic (exact) mass is 610 g/mol. The molecule has 3 saturated heterocycles. The zero-order valence-corrected chi connectivity index (χ0v) is 25.6. The van der Waals surface area contributed by atoms with E-state index in [0.29, 0.717) is 49.7 Å². The number of alkyl halides is 1. The zero-order chi connectivity index (χ0) is 30.5. The van der Waals surface area contributed by atoms with Crippen LogP contribution in [0.4, 0.5) is 4.39 Å². The number of amides is 2. The summed E-state index contributed by atoms with van der Waals surface area (Å²) in [5.41, 5.74) is 0.608. The highest BCUT2D eigenvalue weighted by Gasteiger charge is 2.60. The lowest BCUT2D eigenvalue weighted by molar-refractivity contribution is -0.210. The number of hydrogen-bond donors (Lipinski definition) is 1. The van der Waals surface area contributed by atoms with Crippen LogP contribution in [0.5, 0.6) is 11.5 Å². The van der Waals surface area contributed by atoms with Crippen molar-refractivity contribution in [2.75, 3.05) is 40.4 Å². The van der Waals surface area contributed by atoms with E-state index in [0.717, 1.165) is 38.5 Å². The number of ketones is 1. The minimum atomic E-state index is -1.29. The van der Waals surface area contributed by atoms with Crippen molar-refractivity contribution in [3.8, 4) is 11.5 Å². The highest BCUT2D eigenvalue weighted by molar-refractivity contribution is 6.20. The summed E-state index contributed by atoms with van der Waals surface area (Å²) in [6, 6.07) is 4.26. The number of fused-ring (bicyclic) bond motifs is 2. The summed E-state index contributed by atoms with van der Waals surface area (Å²) >= 11 is 0. The van der Waals surface area contributed by atoms with E-state index in [2.05, 4.69) is 15.1 Å². The van der Waals surface area contributed by atoms with Crippen molar-refractivity contribution in [2.24, 2.45) is 5.92 Å². The predicted molar refractivity (Wildman–Crippen MR) is 159 cm³/mol. The van der Waals surface area contributed by atoms with Gasteiger partial charge in [0.1, 0.15) is 6.17 Å². The molecule has 2 aliphatic carbocycles. The van der Waals surface area contributed by atoms with Crippen LogP contribution in [0, 0.1) is 5.92 Å². The van der Waals surface area contributed by atoms with Crippen molar-refractivity contribution in [3.63, 3.8) is 0 Å². The molecule has 0 bridgehead atoms. The first-order valence-electron chi connectivity index (χ1n) is 16.3. The third kappa shape index (κ3) is 4.96. The van der Waals surface area contributed by atoms with E-state index < -0.39 is 24.2 Å². The summed E-state index contributed by atoms with van der Waals surface area (Å²) in [4.78, 5) is 46.8. The molecule has 4 aliphatic heterocycles. The average Bonchev–Trinajstić information content (AvgIpc) is 3.74. The van der Waals surface area contributed by atoms with Crippen molar-refractivity contribution in [3.05, 3.63) is 35.5 Å². The Balaban J connectivity index is 1.13. The van der Waals surface area contributed by atoms with Crippen LogP contribution < -0.4 is 14.8 Å². The van der Waals surface area contributed by atoms with E-state index in [9.17, 15) is 14.4 Å². The number of halogens is 1. The number of morpholine rings is 1. The molecule has 1 N–H and O–H groups in total. The summed E-state index contributed by atoms with van der Waals surface area (Å²) in [6.45, 7) is 2.43. The molecule has 2 saturated carbocycles. The molecule has 0 aromatic heterocycles. The van der Waals surface area contributed by atoms with E-state index in [4.69, 9.17) is 14.2 Å². The van der Waals surface area contributed by atoms with Crippen molar-refractivity contribution in [1.82, 2.24) is 20.0 Å². The molecule has 0 spiro atoms. The number of hydrogen-bond acceptors (Lipinski definition) is 8. The fraction of sp³-hybridized carbons (Fsp3) is 0.667. The van der Waals surface area contributed by atoms with Gasteiger partial charge in [0.25, 0.3) is 11.8 Å². The van der Waals surface area contributed by atoms with Gasteiger partial charge in [-0.05, 0) is 50.7 Å². The van der Waals surface area contributed by atoms with Gasteiger partial charge in [-0.2, -0.15) is 0 Å². The number of para-hydroxylation sites is 1. The lowest BCUT2D eigenvalue weighted by Gasteiger charge is -2.60. The van der Waals surface area contributed by atoms with Crippen molar-refractivity contribution >= 4 is 17.6 Å². The van der Waals surface area contributed by atoms with Crippen LogP contribution in [-0.2, 0) is 14.3 Å². The molecule has 2 amide bonds. The fourth-order valence-electron chi connectivity index (χ4n) is 8.75. The van der Waals surface area contributed by atoms with E-state index in [-0.39, 0.29) is 53.8 Å². The van der Waals surface area contributed by atoms with Gasteiger partial charge < -0.3 is 29.3 Å². The lowest BCUT2D eigenvalue weighted by Crippen LogP contribution is -2.73. The maximum absolute atomic E-state index is 16.4. The smallest absolute Gasteiger partial charge is 0.258 e. The van der Waals surface area contributed by atoms with Crippen LogP contribution in [0.15, 0.2) is 30.0 Å². The molecule has 1 aromatic rings. The highest BCUT2D eigenvalue weighted by atomic mass is 19.1. The van der Waals surface area contributed by atoms with E-state index in [1.54, 1.807) is 23.1 Å². The van der Waals surface area contributed by atoms with Crippen LogP contribution in [0.2, 0.25) is 0 Å². The largest absolute Gasteiger partial charge is 0.493 e. The van der Waals surface area contributed by atoms with E-state index in [1.165, 1.54) is 14.2 Å². The molecule has 238 valence electrons. The molecule has 4 heterocycles. The lowest BCUT2D eigenvalue weighted by atomic mass is 9.69. The second kappa shape index (κ2) is 12.0. The molecule has 44 heavy (non-hydrogen) atoms. The van der Waals surface area contributed by atoms with Gasteiger partial charge in [0, 0.05) is 44.3 Å². The molecule has 5 fully saturated rings. The van der Waals surface area contributed by atoms with Gasteiger partial charge in [0.2, 0.25) is 0 Å². The Kier molecular flexibility index (Phi) is 8.03. The maximum atomic E-state index is 16.4. The van der Waals surface area contributed by atoms with Gasteiger partial charge in [-0.15, -0.1) is 0 Å². The summed E-state index contributed by atoms with van der Waals surface area (Å²) in [5, 5.41) is 3.12. The van der Waals surface area contributed by atoms with Gasteiger partial charge in [-0.3, -0.25) is 19.3 Å². The maximum Gasteiger partial charge on any atom is 0.258 e. The van der Waals surface area contributed by atoms with Crippen LogP contribution in [0.25, 0.3) is 0 Å². The second-order valence-electron chi connectivity index (χ2n) is 13.2. The first-order valence-corrected chi connectivity index (χ1v) is 16.3. The molecule has 0 radical (unpaired) electrons. The molecular weight excluding hydrogens is 567 g/mol. The van der Waals surface area contributed by atoms with Gasteiger partial charge in [-0.25, -0.2) is 4.39 Å². The van der Waals surface area contributed by atoms with E-state index >= 15 is 4.39 Å². The van der Waals surface area contributed by atoms with Gasteiger partial charge in [0.15, 0.2) is 17.3 Å². The molecular formula is C33H43FN4O6. The Morgan fingerprint density at radius 2 is 1.80 bits per heavy atom. The van der Waals surface area contributed by atoms with Gasteiger partial charge in [-0.1, -0.05) is 18.9 Å². The number of benzene rings is 1. The minimum absolute atomic E-state index is 0.0651. The molecule has 1 aromatic carbocycles. The number of nitrogens with one attached hydrogen (secondary N) is 1. The van der Waals surface area contributed by atoms with Crippen molar-refractivity contribution in [1.29, 1.82) is 0 Å². The summed E-state index contributed by atoms with van der Waals surface area (Å²) in [5.74, 6) is -0.460. The molecule has 8 unspecified atom stereocenters. The number of methoxy groups -OCH3 is 2. The summed E-state index contributed by atoms with van der Waals surface area (Å²) in [7, 11) is 3.03. The molecule has 11 heteroatoms. The standard InChI is InChI=1S/C33H43FN4O6/c1-42-26-11-7-8-20(30(26)43-2)32(40)35-19-12-15-37(17-19)28-23(34)16-21-27-31(28)44-25-10-4-3-9-24(25)38(27)18-22(29(21)39)33(41)36-13-5-6-14-36/h7-8,11,18-19,21,23-25,27-28,31H,3-6,9-10,12-17H2,1-2H3,(H,35,40). The van der Waals surface area contributed by atoms with Crippen molar-refractivity contribution in [2.45, 2.75) is 93.9 Å². The summed E-state index contributed by atoms with van der Waals surface area (Å²) < 4.78 is 34.0. The number of ether oxygens (including phenoxy) is 3. The fourth-order valence-corrected chi connectivity index (χ4v) is 8.75. The second-order valence-corrected chi connectivity index (χ2v) is 13.2. The first-order chi connectivity index (χ1) is 21.4. The molecule has 8 atom stereocenters. The molecule has 10 nitrogen and oxygen atoms in total. The van der Waals surface area contributed by atoms with E-state index in [1.807, 2.05) is 6.20 Å².